The van der Waals surface area contributed by atoms with Crippen molar-refractivity contribution in [3.05, 3.63) is 23.8 Å². The molecule has 1 heterocycles. The second-order valence-electron chi connectivity index (χ2n) is 5.13. The van der Waals surface area contributed by atoms with Gasteiger partial charge in [-0.2, -0.15) is 5.10 Å². The van der Waals surface area contributed by atoms with Crippen LogP contribution in [-0.4, -0.2) is 40.4 Å². The number of nitrogens with zero attached hydrogens (tertiary/aromatic N) is 2. The maximum absolute atomic E-state index is 12.2. The molecule has 118 valence electrons. The molecule has 0 radical (unpaired) electrons. The molecule has 7 heteroatoms. The molecule has 0 bridgehead atoms. The maximum Gasteiger partial charge on any atom is 0.346 e. The topological polar surface area (TPSA) is 91.2 Å². The van der Waals surface area contributed by atoms with Gasteiger partial charge in [-0.3, -0.25) is 4.79 Å². The number of carbonyl (C=O) groups is 2. The van der Waals surface area contributed by atoms with E-state index in [1.165, 1.54) is 12.3 Å². The van der Waals surface area contributed by atoms with Crippen LogP contribution in [0.15, 0.2) is 23.3 Å². The summed E-state index contributed by atoms with van der Waals surface area (Å²) in [5, 5.41) is 17.2. The molecule has 2 rings (SSSR count). The van der Waals surface area contributed by atoms with Gasteiger partial charge in [0.25, 0.3) is 5.91 Å². The minimum Gasteiger partial charge on any atom is -0.507 e. The zero-order chi connectivity index (χ0) is 16.3. The van der Waals surface area contributed by atoms with E-state index >= 15 is 0 Å². The largest absolute Gasteiger partial charge is 0.507 e. The second kappa shape index (κ2) is 6.05. The first kappa shape index (κ1) is 15.8. The van der Waals surface area contributed by atoms with Crippen molar-refractivity contribution >= 4 is 18.2 Å². The molecule has 7 nitrogen and oxygen atoms in total. The Bertz CT molecular complexity index is 629. The molecule has 1 atom stereocenters. The zero-order valence-corrected chi connectivity index (χ0v) is 12.8. The van der Waals surface area contributed by atoms with E-state index in [2.05, 4.69) is 10.4 Å². The Morgan fingerprint density at radius 3 is 2.68 bits per heavy atom. The predicted octanol–water partition coefficient (Wildman–Crippen LogP) is 1.85. The number of carbonyl (C=O) groups excluding carboxylic acids is 2. The molecule has 0 spiro atoms. The SMILES string of the molecule is CCOc1ccc(/C=N/N2C(=O)NC(C)(CC)C2=O)c(O)c1. The van der Waals surface area contributed by atoms with Gasteiger partial charge in [0, 0.05) is 11.6 Å². The molecule has 1 aromatic carbocycles. The van der Waals surface area contributed by atoms with E-state index in [1.54, 1.807) is 19.1 Å². The molecule has 1 aliphatic rings. The number of hydrazone groups is 1. The van der Waals surface area contributed by atoms with Crippen molar-refractivity contribution in [2.45, 2.75) is 32.7 Å². The van der Waals surface area contributed by atoms with Gasteiger partial charge in [-0.15, -0.1) is 5.01 Å². The highest BCUT2D eigenvalue weighted by Crippen LogP contribution is 2.24. The Hall–Kier alpha value is -2.57. The van der Waals surface area contributed by atoms with Crippen molar-refractivity contribution in [1.29, 1.82) is 0 Å². The van der Waals surface area contributed by atoms with Crippen LogP contribution < -0.4 is 10.1 Å². The third-order valence-electron chi connectivity index (χ3n) is 3.57. The summed E-state index contributed by atoms with van der Waals surface area (Å²) >= 11 is 0. The summed E-state index contributed by atoms with van der Waals surface area (Å²) in [5.41, 5.74) is -0.552. The van der Waals surface area contributed by atoms with Crippen molar-refractivity contribution in [2.24, 2.45) is 5.10 Å². The van der Waals surface area contributed by atoms with Crippen LogP contribution in [0, 0.1) is 0 Å². The van der Waals surface area contributed by atoms with Crippen LogP contribution in [0.1, 0.15) is 32.8 Å². The highest BCUT2D eigenvalue weighted by Gasteiger charge is 2.46. The molecule has 3 amide bonds. The van der Waals surface area contributed by atoms with Crippen molar-refractivity contribution in [2.75, 3.05) is 6.61 Å². The average Bonchev–Trinajstić information content (AvgIpc) is 2.70. The highest BCUT2D eigenvalue weighted by atomic mass is 16.5. The number of ether oxygens (including phenoxy) is 1. The molecule has 0 aliphatic carbocycles. The standard InChI is InChI=1S/C15H19N3O4/c1-4-15(3)13(20)18(14(21)17-15)16-9-10-6-7-11(22-5-2)8-12(10)19/h6-9,19H,4-5H2,1-3H3,(H,17,21)/b16-9+. The van der Waals surface area contributed by atoms with E-state index in [0.29, 0.717) is 24.3 Å². The predicted molar refractivity (Wildman–Crippen MR) is 80.9 cm³/mol. The Labute approximate surface area is 128 Å². The quantitative estimate of drug-likeness (QED) is 0.641. The summed E-state index contributed by atoms with van der Waals surface area (Å²) in [6.07, 6.45) is 1.74. The lowest BCUT2D eigenvalue weighted by atomic mass is 10.00. The molecule has 1 aliphatic heterocycles. The minimum absolute atomic E-state index is 0.0417. The zero-order valence-electron chi connectivity index (χ0n) is 12.8. The molecule has 2 N–H and O–H groups in total. The number of urea groups is 1. The van der Waals surface area contributed by atoms with E-state index < -0.39 is 17.5 Å². The lowest BCUT2D eigenvalue weighted by Crippen LogP contribution is -2.42. The van der Waals surface area contributed by atoms with Gasteiger partial charge in [-0.05, 0) is 32.4 Å². The lowest BCUT2D eigenvalue weighted by Gasteiger charge is -2.17. The number of nitrogens with one attached hydrogen (secondary N) is 1. The first-order chi connectivity index (χ1) is 10.4. The molecular formula is C15H19N3O4. The van der Waals surface area contributed by atoms with E-state index in [0.717, 1.165) is 5.01 Å². The van der Waals surface area contributed by atoms with Gasteiger partial charge in [-0.1, -0.05) is 6.92 Å². The molecule has 1 aromatic rings. The molecule has 0 saturated carbocycles. The number of hydrogen-bond donors (Lipinski definition) is 2. The summed E-state index contributed by atoms with van der Waals surface area (Å²) in [7, 11) is 0. The van der Waals surface area contributed by atoms with Gasteiger partial charge >= 0.3 is 6.03 Å². The molecule has 1 saturated heterocycles. The van der Waals surface area contributed by atoms with E-state index in [9.17, 15) is 14.7 Å². The normalized spacial score (nSPS) is 21.5. The Balaban J connectivity index is 2.19. The highest BCUT2D eigenvalue weighted by molar-refractivity contribution is 6.07. The van der Waals surface area contributed by atoms with Crippen LogP contribution in [0.2, 0.25) is 0 Å². The molecule has 1 fully saturated rings. The van der Waals surface area contributed by atoms with Gasteiger partial charge in [0.2, 0.25) is 0 Å². The van der Waals surface area contributed by atoms with E-state index in [-0.39, 0.29) is 5.75 Å². The number of benzene rings is 1. The fraction of sp³-hybridized carbons (Fsp3) is 0.400. The van der Waals surface area contributed by atoms with Gasteiger partial charge in [-0.25, -0.2) is 4.79 Å². The van der Waals surface area contributed by atoms with Crippen LogP contribution in [-0.2, 0) is 4.79 Å². The maximum atomic E-state index is 12.2. The fourth-order valence-electron chi connectivity index (χ4n) is 2.02. The summed E-state index contributed by atoms with van der Waals surface area (Å²) < 4.78 is 5.26. The van der Waals surface area contributed by atoms with E-state index in [4.69, 9.17) is 4.74 Å². The van der Waals surface area contributed by atoms with Crippen LogP contribution in [0.4, 0.5) is 4.79 Å². The van der Waals surface area contributed by atoms with Crippen molar-refractivity contribution < 1.29 is 19.4 Å². The van der Waals surface area contributed by atoms with Crippen LogP contribution >= 0.6 is 0 Å². The number of phenolic OH excluding ortho intramolecular Hbond substituents is 1. The summed E-state index contributed by atoms with van der Waals surface area (Å²) in [6, 6.07) is 4.15. The van der Waals surface area contributed by atoms with Crippen LogP contribution in [0.5, 0.6) is 11.5 Å². The van der Waals surface area contributed by atoms with Crippen molar-refractivity contribution in [3.8, 4) is 11.5 Å². The van der Waals surface area contributed by atoms with Crippen molar-refractivity contribution in [3.63, 3.8) is 0 Å². The Morgan fingerprint density at radius 1 is 1.41 bits per heavy atom. The number of hydrogen-bond acceptors (Lipinski definition) is 5. The Morgan fingerprint density at radius 2 is 2.14 bits per heavy atom. The summed E-state index contributed by atoms with van der Waals surface area (Å²) in [5.74, 6) is 0.0763. The lowest BCUT2D eigenvalue weighted by molar-refractivity contribution is -0.130. The van der Waals surface area contributed by atoms with Gasteiger partial charge in [0.15, 0.2) is 0 Å². The molecule has 0 aromatic heterocycles. The number of rotatable bonds is 5. The summed E-state index contributed by atoms with van der Waals surface area (Å²) in [6.45, 7) is 5.79. The molecule has 22 heavy (non-hydrogen) atoms. The minimum atomic E-state index is -0.935. The van der Waals surface area contributed by atoms with Gasteiger partial charge in [0.1, 0.15) is 17.0 Å². The molecular weight excluding hydrogens is 286 g/mol. The van der Waals surface area contributed by atoms with Gasteiger partial charge in [0.05, 0.1) is 12.8 Å². The fourth-order valence-corrected chi connectivity index (χ4v) is 2.02. The first-order valence-corrected chi connectivity index (χ1v) is 7.07. The Kier molecular flexibility index (Phi) is 4.35. The number of phenols is 1. The number of amides is 3. The number of aromatic hydroxyl groups is 1. The number of imide groups is 1. The smallest absolute Gasteiger partial charge is 0.346 e. The van der Waals surface area contributed by atoms with Crippen LogP contribution in [0.25, 0.3) is 0 Å². The monoisotopic (exact) mass is 305 g/mol. The second-order valence-corrected chi connectivity index (χ2v) is 5.13. The first-order valence-electron chi connectivity index (χ1n) is 7.07. The third-order valence-corrected chi connectivity index (χ3v) is 3.57. The van der Waals surface area contributed by atoms with Crippen molar-refractivity contribution in [1.82, 2.24) is 10.3 Å². The summed E-state index contributed by atoms with van der Waals surface area (Å²) in [4.78, 5) is 24.0. The van der Waals surface area contributed by atoms with E-state index in [1.807, 2.05) is 13.8 Å². The third kappa shape index (κ3) is 2.88. The van der Waals surface area contributed by atoms with Gasteiger partial charge < -0.3 is 15.2 Å². The molecule has 1 unspecified atom stereocenters. The van der Waals surface area contributed by atoms with Crippen LogP contribution in [0.3, 0.4) is 0 Å². The average molecular weight is 305 g/mol.